The highest BCUT2D eigenvalue weighted by Gasteiger charge is 2.29. The van der Waals surface area contributed by atoms with Crippen LogP contribution in [0.15, 0.2) is 41.5 Å². The smallest absolute Gasteiger partial charge is 0.258 e. The summed E-state index contributed by atoms with van der Waals surface area (Å²) in [6, 6.07) is 6.82. The highest BCUT2D eigenvalue weighted by molar-refractivity contribution is 6.34. The highest BCUT2D eigenvalue weighted by atomic mass is 35.5. The lowest BCUT2D eigenvalue weighted by Gasteiger charge is -2.35. The number of aryl methyl sites for hydroxylation is 2. The topological polar surface area (TPSA) is 91.7 Å². The van der Waals surface area contributed by atoms with Crippen LogP contribution in [0.1, 0.15) is 36.0 Å². The van der Waals surface area contributed by atoms with Crippen molar-refractivity contribution in [3.05, 3.63) is 74.7 Å². The Labute approximate surface area is 213 Å². The van der Waals surface area contributed by atoms with Crippen molar-refractivity contribution < 1.29 is 4.39 Å². The Morgan fingerprint density at radius 3 is 2.78 bits per heavy atom. The van der Waals surface area contributed by atoms with Gasteiger partial charge in [-0.2, -0.15) is 5.10 Å². The number of H-pyrrole nitrogens is 1. The lowest BCUT2D eigenvalue weighted by molar-refractivity contribution is 0.132. The number of fused-ring (bicyclic) bond motifs is 1. The lowest BCUT2D eigenvalue weighted by Crippen LogP contribution is -2.47. The summed E-state index contributed by atoms with van der Waals surface area (Å²) in [5.41, 5.74) is 3.78. The van der Waals surface area contributed by atoms with E-state index in [4.69, 9.17) is 11.6 Å². The number of alkyl halides is 1. The van der Waals surface area contributed by atoms with Gasteiger partial charge in [0.1, 0.15) is 12.0 Å². The molecule has 0 aliphatic carbocycles. The second kappa shape index (κ2) is 9.99. The molecular weight excluding hydrogens is 481 g/mol. The van der Waals surface area contributed by atoms with Gasteiger partial charge in [0.15, 0.2) is 5.82 Å². The van der Waals surface area contributed by atoms with Gasteiger partial charge in [0.05, 0.1) is 33.3 Å². The monoisotopic (exact) mass is 509 g/mol. The fourth-order valence-electron chi connectivity index (χ4n) is 4.53. The molecule has 0 saturated carbocycles. The minimum atomic E-state index is -1.00. The molecule has 1 aromatic carbocycles. The van der Waals surface area contributed by atoms with Gasteiger partial charge in [-0.15, -0.1) is 0 Å². The number of halogens is 2. The number of hydrogen-bond acceptors (Lipinski definition) is 6. The number of nitrogens with one attached hydrogen (secondary N) is 2. The van der Waals surface area contributed by atoms with E-state index in [-0.39, 0.29) is 11.6 Å². The number of pyridine rings is 1. The van der Waals surface area contributed by atoms with Gasteiger partial charge in [-0.05, 0) is 56.1 Å². The molecule has 0 spiro atoms. The second-order valence-electron chi connectivity index (χ2n) is 9.35. The number of nitrogens with zero attached hydrogens (tertiary/aromatic N) is 5. The average Bonchev–Trinajstić information content (AvgIpc) is 3.20. The Kier molecular flexibility index (Phi) is 6.77. The molecule has 2 atom stereocenters. The van der Waals surface area contributed by atoms with E-state index in [1.54, 1.807) is 23.0 Å². The van der Waals surface area contributed by atoms with Crippen molar-refractivity contribution in [2.45, 2.75) is 45.8 Å². The van der Waals surface area contributed by atoms with Crippen LogP contribution in [0.4, 0.5) is 10.1 Å². The molecule has 1 aliphatic heterocycles. The fraction of sp³-hybridized carbons (Fsp3) is 0.385. The molecular formula is C26H29ClFN7O. The molecule has 36 heavy (non-hydrogen) atoms. The van der Waals surface area contributed by atoms with E-state index in [0.29, 0.717) is 46.8 Å². The van der Waals surface area contributed by atoms with Crippen LogP contribution in [0.25, 0.3) is 16.7 Å². The Bertz CT molecular complexity index is 1430. The number of aromatic nitrogens is 5. The van der Waals surface area contributed by atoms with E-state index < -0.39 is 6.17 Å². The van der Waals surface area contributed by atoms with E-state index in [1.165, 1.54) is 0 Å². The third-order valence-electron chi connectivity index (χ3n) is 6.82. The first-order valence-electron chi connectivity index (χ1n) is 12.1. The third kappa shape index (κ3) is 4.99. The molecule has 1 fully saturated rings. The predicted molar refractivity (Wildman–Crippen MR) is 140 cm³/mol. The summed E-state index contributed by atoms with van der Waals surface area (Å²) >= 11 is 6.45. The number of benzene rings is 1. The van der Waals surface area contributed by atoms with Crippen LogP contribution in [0, 0.1) is 13.8 Å². The van der Waals surface area contributed by atoms with Gasteiger partial charge >= 0.3 is 0 Å². The van der Waals surface area contributed by atoms with Crippen LogP contribution in [-0.4, -0.2) is 61.5 Å². The molecule has 0 radical (unpaired) electrons. The largest absolute Gasteiger partial charge is 0.378 e. The minimum absolute atomic E-state index is 0.268. The number of anilines is 1. The molecule has 1 saturated heterocycles. The zero-order valence-electron chi connectivity index (χ0n) is 20.6. The maximum Gasteiger partial charge on any atom is 0.258 e. The van der Waals surface area contributed by atoms with Gasteiger partial charge < -0.3 is 15.2 Å². The third-order valence-corrected chi connectivity index (χ3v) is 7.13. The maximum absolute atomic E-state index is 14.7. The zero-order chi connectivity index (χ0) is 25.4. The lowest BCUT2D eigenvalue weighted by atomic mass is 10.0. The molecule has 4 aromatic rings. The van der Waals surface area contributed by atoms with E-state index in [2.05, 4.69) is 30.3 Å². The van der Waals surface area contributed by atoms with E-state index in [0.717, 1.165) is 35.7 Å². The molecule has 0 bridgehead atoms. The Morgan fingerprint density at radius 1 is 1.28 bits per heavy atom. The van der Waals surface area contributed by atoms with Crippen LogP contribution in [-0.2, 0) is 6.42 Å². The summed E-state index contributed by atoms with van der Waals surface area (Å²) in [5, 5.41) is 8.47. The molecule has 3 aromatic heterocycles. The highest BCUT2D eigenvalue weighted by Crippen LogP contribution is 2.29. The van der Waals surface area contributed by atoms with Crippen molar-refractivity contribution >= 4 is 28.2 Å². The molecule has 0 unspecified atom stereocenters. The van der Waals surface area contributed by atoms with Crippen LogP contribution in [0.3, 0.4) is 0 Å². The van der Waals surface area contributed by atoms with Crippen molar-refractivity contribution in [2.24, 2.45) is 0 Å². The number of likely N-dealkylation sites (tertiary alicyclic amines) is 1. The molecule has 0 amide bonds. The fourth-order valence-corrected chi connectivity index (χ4v) is 4.75. The van der Waals surface area contributed by atoms with Crippen molar-refractivity contribution in [3.63, 3.8) is 0 Å². The first-order chi connectivity index (χ1) is 17.3. The number of aromatic amines is 1. The zero-order valence-corrected chi connectivity index (χ0v) is 21.3. The van der Waals surface area contributed by atoms with Crippen molar-refractivity contribution in [1.82, 2.24) is 29.6 Å². The first-order valence-corrected chi connectivity index (χ1v) is 12.5. The van der Waals surface area contributed by atoms with Crippen LogP contribution >= 0.6 is 11.6 Å². The van der Waals surface area contributed by atoms with Gasteiger partial charge in [-0.25, -0.2) is 19.0 Å². The summed E-state index contributed by atoms with van der Waals surface area (Å²) in [7, 11) is 0. The minimum Gasteiger partial charge on any atom is -0.378 e. The SMILES string of the molecule is CCN1CC[C@@H](Nc2cc3nc(Cc4ccc(-n5cc(C)c(C)n5)nc4)[nH]c(=O)c3cc2Cl)[C@@H](F)C1. The number of piperidine rings is 1. The van der Waals surface area contributed by atoms with Gasteiger partial charge in [0.25, 0.3) is 5.56 Å². The van der Waals surface area contributed by atoms with Gasteiger partial charge in [-0.3, -0.25) is 4.79 Å². The molecule has 10 heteroatoms. The quantitative estimate of drug-likeness (QED) is 0.404. The van der Waals surface area contributed by atoms with Crippen LogP contribution in [0.2, 0.25) is 5.02 Å². The second-order valence-corrected chi connectivity index (χ2v) is 9.76. The van der Waals surface area contributed by atoms with E-state index in [9.17, 15) is 9.18 Å². The summed E-state index contributed by atoms with van der Waals surface area (Å²) in [6.07, 6.45) is 3.78. The standard InChI is InChI=1S/C26H29ClFN7O/c1-4-34-8-7-21(20(28)14-34)30-23-11-22-18(10-19(23)27)26(36)32-24(31-22)9-17-5-6-25(29-12-17)35-13-15(2)16(3)33-35/h5-6,10-13,20-21,30H,4,7-9,14H2,1-3H3,(H,31,32,36)/t20-,21+/m0/s1. The normalized spacial score (nSPS) is 18.6. The molecule has 8 nitrogen and oxygen atoms in total. The van der Waals surface area contributed by atoms with Crippen molar-refractivity contribution in [1.29, 1.82) is 0 Å². The Hall–Kier alpha value is -3.30. The maximum atomic E-state index is 14.7. The Morgan fingerprint density at radius 2 is 2.11 bits per heavy atom. The summed E-state index contributed by atoms with van der Waals surface area (Å²) in [4.78, 5) is 26.9. The molecule has 1 aliphatic rings. The summed E-state index contributed by atoms with van der Waals surface area (Å²) in [5.74, 6) is 1.23. The molecule has 4 heterocycles. The van der Waals surface area contributed by atoms with Gasteiger partial charge in [0.2, 0.25) is 0 Å². The molecule has 188 valence electrons. The van der Waals surface area contributed by atoms with E-state index >= 15 is 0 Å². The van der Waals surface area contributed by atoms with E-state index in [1.807, 2.05) is 39.1 Å². The predicted octanol–water partition coefficient (Wildman–Crippen LogP) is 4.21. The average molecular weight is 510 g/mol. The first kappa shape index (κ1) is 24.4. The number of rotatable bonds is 6. The summed E-state index contributed by atoms with van der Waals surface area (Å²) in [6.45, 7) is 8.06. The van der Waals surface area contributed by atoms with Crippen LogP contribution < -0.4 is 10.9 Å². The molecule has 5 rings (SSSR count). The summed E-state index contributed by atoms with van der Waals surface area (Å²) < 4.78 is 16.5. The number of hydrogen-bond donors (Lipinski definition) is 2. The Balaban J connectivity index is 1.37. The van der Waals surface area contributed by atoms with Crippen molar-refractivity contribution in [3.8, 4) is 5.82 Å². The van der Waals surface area contributed by atoms with Crippen molar-refractivity contribution in [2.75, 3.05) is 25.0 Å². The molecule has 2 N–H and O–H groups in total. The van der Waals surface area contributed by atoms with Gasteiger partial charge in [-0.1, -0.05) is 24.6 Å². The van der Waals surface area contributed by atoms with Crippen LogP contribution in [0.5, 0.6) is 0 Å². The van der Waals surface area contributed by atoms with Gasteiger partial charge in [0, 0.05) is 31.9 Å².